The second-order valence-electron chi connectivity index (χ2n) is 3.00. The number of para-hydroxylation sites is 1. The molecule has 15 heavy (non-hydrogen) atoms. The van der Waals surface area contributed by atoms with Crippen LogP contribution in [0.3, 0.4) is 0 Å². The molecule has 75 valence electrons. The van der Waals surface area contributed by atoms with Crippen LogP contribution in [0.15, 0.2) is 42.5 Å². The van der Waals surface area contributed by atoms with E-state index in [1.165, 1.54) is 0 Å². The van der Waals surface area contributed by atoms with Crippen molar-refractivity contribution in [2.75, 3.05) is 0 Å². The van der Waals surface area contributed by atoms with Gasteiger partial charge in [-0.15, -0.1) is 0 Å². The number of hydrogen-bond acceptors (Lipinski definition) is 2. The Morgan fingerprint density at radius 2 is 1.87 bits per heavy atom. The van der Waals surface area contributed by atoms with Gasteiger partial charge in [0.05, 0.1) is 5.02 Å². The highest BCUT2D eigenvalue weighted by Crippen LogP contribution is 2.27. The van der Waals surface area contributed by atoms with E-state index in [0.29, 0.717) is 22.3 Å². The summed E-state index contributed by atoms with van der Waals surface area (Å²) in [6.45, 7) is 3.72. The summed E-state index contributed by atoms with van der Waals surface area (Å²) in [7, 11) is 0. The van der Waals surface area contributed by atoms with E-state index < -0.39 is 0 Å². The third-order valence-corrected chi connectivity index (χ3v) is 2.14. The Morgan fingerprint density at radius 1 is 1.07 bits per heavy atom. The zero-order chi connectivity index (χ0) is 10.7. The minimum Gasteiger partial charge on any atom is -0.437 e. The first kappa shape index (κ1) is 9.99. The Morgan fingerprint density at radius 3 is 2.60 bits per heavy atom. The van der Waals surface area contributed by atoms with Crippen LogP contribution in [0, 0.1) is 6.92 Å². The van der Waals surface area contributed by atoms with Crippen LogP contribution in [0.25, 0.3) is 0 Å². The Bertz CT molecular complexity index is 471. The molecule has 2 nitrogen and oxygen atoms in total. The molecule has 0 aliphatic carbocycles. The molecular formula is C12H9ClNO. The predicted octanol–water partition coefficient (Wildman–Crippen LogP) is 3.71. The van der Waals surface area contributed by atoms with Crippen LogP contribution in [0.2, 0.25) is 5.02 Å². The van der Waals surface area contributed by atoms with Crippen molar-refractivity contribution in [3.05, 3.63) is 60.1 Å². The van der Waals surface area contributed by atoms with Crippen LogP contribution in [0.4, 0.5) is 0 Å². The minimum absolute atomic E-state index is 0.496. The minimum atomic E-state index is 0.496. The molecule has 1 aromatic carbocycles. The molecule has 0 spiro atoms. The molecule has 0 amide bonds. The van der Waals surface area contributed by atoms with Gasteiger partial charge in [-0.1, -0.05) is 29.8 Å². The lowest BCUT2D eigenvalue weighted by Crippen LogP contribution is -1.89. The van der Waals surface area contributed by atoms with Crippen molar-refractivity contribution >= 4 is 11.6 Å². The van der Waals surface area contributed by atoms with Crippen LogP contribution < -0.4 is 4.74 Å². The molecule has 0 fully saturated rings. The average molecular weight is 219 g/mol. The molecular weight excluding hydrogens is 210 g/mol. The van der Waals surface area contributed by atoms with Crippen LogP contribution in [-0.2, 0) is 0 Å². The van der Waals surface area contributed by atoms with Crippen molar-refractivity contribution in [2.24, 2.45) is 0 Å². The van der Waals surface area contributed by atoms with Gasteiger partial charge in [-0.3, -0.25) is 0 Å². The van der Waals surface area contributed by atoms with Crippen molar-refractivity contribution in [1.82, 2.24) is 4.98 Å². The molecule has 0 unspecified atom stereocenters. The molecule has 0 N–H and O–H groups in total. The quantitative estimate of drug-likeness (QED) is 0.767. The highest BCUT2D eigenvalue weighted by Gasteiger charge is 2.02. The predicted molar refractivity (Wildman–Crippen MR) is 60.2 cm³/mol. The van der Waals surface area contributed by atoms with Gasteiger partial charge in [0, 0.05) is 11.8 Å². The standard InChI is InChI=1S/C12H9ClNO/c1-9-5-4-8-12(14-9)15-11-7-3-2-6-10(11)13/h2-8H,1H2. The molecule has 0 saturated heterocycles. The number of rotatable bonds is 2. The Hall–Kier alpha value is -1.54. The van der Waals surface area contributed by atoms with E-state index in [1.54, 1.807) is 24.3 Å². The van der Waals surface area contributed by atoms with Gasteiger partial charge in [-0.2, -0.15) is 0 Å². The fraction of sp³-hybridized carbons (Fsp3) is 0. The summed E-state index contributed by atoms with van der Waals surface area (Å²) in [5, 5.41) is 0.564. The van der Waals surface area contributed by atoms with Gasteiger partial charge < -0.3 is 4.74 Å². The van der Waals surface area contributed by atoms with E-state index in [2.05, 4.69) is 11.9 Å². The summed E-state index contributed by atoms with van der Waals surface area (Å²) in [6, 6.07) is 12.7. The summed E-state index contributed by atoms with van der Waals surface area (Å²) < 4.78 is 5.51. The van der Waals surface area contributed by atoms with Crippen LogP contribution in [0.5, 0.6) is 11.6 Å². The first-order chi connectivity index (χ1) is 7.25. The lowest BCUT2D eigenvalue weighted by atomic mass is 10.3. The Balaban J connectivity index is 2.26. The lowest BCUT2D eigenvalue weighted by Gasteiger charge is -2.06. The molecule has 2 rings (SSSR count). The first-order valence-electron chi connectivity index (χ1n) is 4.47. The van der Waals surface area contributed by atoms with E-state index in [9.17, 15) is 0 Å². The molecule has 0 aliphatic heterocycles. The van der Waals surface area contributed by atoms with Crippen molar-refractivity contribution in [1.29, 1.82) is 0 Å². The maximum atomic E-state index is 5.95. The number of pyridine rings is 1. The van der Waals surface area contributed by atoms with Gasteiger partial charge >= 0.3 is 0 Å². The van der Waals surface area contributed by atoms with Crippen LogP contribution in [-0.4, -0.2) is 4.98 Å². The monoisotopic (exact) mass is 218 g/mol. The molecule has 0 aliphatic rings. The molecule has 0 saturated carbocycles. The number of hydrogen-bond donors (Lipinski definition) is 0. The van der Waals surface area contributed by atoms with Crippen molar-refractivity contribution in [3.63, 3.8) is 0 Å². The summed E-state index contributed by atoms with van der Waals surface area (Å²) in [6.07, 6.45) is 0. The fourth-order valence-electron chi connectivity index (χ4n) is 1.15. The van der Waals surface area contributed by atoms with Gasteiger partial charge in [-0.05, 0) is 25.1 Å². The molecule has 1 radical (unpaired) electrons. The maximum Gasteiger partial charge on any atom is 0.219 e. The Kier molecular flexibility index (Phi) is 2.88. The van der Waals surface area contributed by atoms with Crippen molar-refractivity contribution in [3.8, 4) is 11.6 Å². The van der Waals surface area contributed by atoms with Gasteiger partial charge in [0.25, 0.3) is 0 Å². The highest BCUT2D eigenvalue weighted by atomic mass is 35.5. The molecule has 0 atom stereocenters. The van der Waals surface area contributed by atoms with E-state index >= 15 is 0 Å². The zero-order valence-corrected chi connectivity index (χ0v) is 8.74. The van der Waals surface area contributed by atoms with Crippen molar-refractivity contribution < 1.29 is 4.74 Å². The third kappa shape index (κ3) is 2.48. The maximum absolute atomic E-state index is 5.95. The van der Waals surface area contributed by atoms with E-state index in [1.807, 2.05) is 18.2 Å². The first-order valence-corrected chi connectivity index (χ1v) is 4.85. The highest BCUT2D eigenvalue weighted by molar-refractivity contribution is 6.32. The van der Waals surface area contributed by atoms with Gasteiger partial charge in [0.15, 0.2) is 0 Å². The number of aromatic nitrogens is 1. The SMILES string of the molecule is [CH2]c1cccc(Oc2ccccc2Cl)n1. The summed E-state index contributed by atoms with van der Waals surface area (Å²) in [5.41, 5.74) is 0.666. The van der Waals surface area contributed by atoms with E-state index in [-0.39, 0.29) is 0 Å². The smallest absolute Gasteiger partial charge is 0.219 e. The lowest BCUT2D eigenvalue weighted by molar-refractivity contribution is 0.462. The number of benzene rings is 1. The third-order valence-electron chi connectivity index (χ3n) is 1.83. The van der Waals surface area contributed by atoms with E-state index in [0.717, 1.165) is 0 Å². The number of nitrogens with zero attached hydrogens (tertiary/aromatic N) is 1. The summed E-state index contributed by atoms with van der Waals surface area (Å²) in [4.78, 5) is 4.12. The van der Waals surface area contributed by atoms with Gasteiger partial charge in [0.1, 0.15) is 5.75 Å². The van der Waals surface area contributed by atoms with Crippen LogP contribution in [0.1, 0.15) is 5.69 Å². The number of halogens is 1. The summed E-state index contributed by atoms with van der Waals surface area (Å²) >= 11 is 5.95. The van der Waals surface area contributed by atoms with Gasteiger partial charge in [0.2, 0.25) is 5.88 Å². The molecule has 1 aromatic heterocycles. The fourth-order valence-corrected chi connectivity index (χ4v) is 1.33. The molecule has 2 aromatic rings. The average Bonchev–Trinajstić information content (AvgIpc) is 2.22. The molecule has 1 heterocycles. The Labute approximate surface area is 93.5 Å². The summed E-state index contributed by atoms with van der Waals surface area (Å²) in [5.74, 6) is 1.09. The van der Waals surface area contributed by atoms with Crippen LogP contribution >= 0.6 is 11.6 Å². The zero-order valence-electron chi connectivity index (χ0n) is 7.98. The van der Waals surface area contributed by atoms with Gasteiger partial charge in [-0.25, -0.2) is 4.98 Å². The second kappa shape index (κ2) is 4.32. The van der Waals surface area contributed by atoms with Crippen molar-refractivity contribution in [2.45, 2.75) is 0 Å². The normalized spacial score (nSPS) is 10.0. The number of ether oxygens (including phenoxy) is 1. The largest absolute Gasteiger partial charge is 0.437 e. The molecule has 3 heteroatoms. The van der Waals surface area contributed by atoms with E-state index in [4.69, 9.17) is 16.3 Å². The molecule has 0 bridgehead atoms. The second-order valence-corrected chi connectivity index (χ2v) is 3.41. The topological polar surface area (TPSA) is 22.1 Å².